The lowest BCUT2D eigenvalue weighted by Gasteiger charge is -2.37. The highest BCUT2D eigenvalue weighted by atomic mass is 16.5. The van der Waals surface area contributed by atoms with Crippen LogP contribution in [0.5, 0.6) is 0 Å². The number of carbonyl (C=O) groups excluding carboxylic acids is 2. The molecule has 0 N–H and O–H groups in total. The number of nitrogens with zero attached hydrogens (tertiary/aromatic N) is 3. The first-order valence-corrected chi connectivity index (χ1v) is 15.1. The van der Waals surface area contributed by atoms with Gasteiger partial charge < -0.3 is 19.3 Å². The number of likely N-dealkylation sites (tertiary alicyclic amines) is 1. The van der Waals surface area contributed by atoms with Gasteiger partial charge in [0.05, 0.1) is 18.1 Å². The van der Waals surface area contributed by atoms with Gasteiger partial charge in [-0.3, -0.25) is 14.6 Å². The number of aromatic nitrogens is 1. The SMILES string of the molecule is COC1COCCC1C[C@@H]1C[C@H]2CN(C(=O)CCc3ccccc3)C[C@@]2(C(=O)N2CCc3ncc(C)cc3C2)C1. The minimum absolute atomic E-state index is 0.131. The molecule has 2 saturated heterocycles. The first-order chi connectivity index (χ1) is 19.4. The quantitative estimate of drug-likeness (QED) is 0.522. The first-order valence-electron chi connectivity index (χ1n) is 15.1. The van der Waals surface area contributed by atoms with Gasteiger partial charge in [0.1, 0.15) is 0 Å². The molecule has 2 unspecified atom stereocenters. The third kappa shape index (κ3) is 5.42. The Labute approximate surface area is 238 Å². The van der Waals surface area contributed by atoms with E-state index in [0.717, 1.165) is 56.4 Å². The van der Waals surface area contributed by atoms with Crippen molar-refractivity contribution in [3.05, 3.63) is 65.0 Å². The Morgan fingerprint density at radius 1 is 1.20 bits per heavy atom. The number of fused-ring (bicyclic) bond motifs is 2. The molecule has 0 radical (unpaired) electrons. The Morgan fingerprint density at radius 2 is 2.05 bits per heavy atom. The van der Waals surface area contributed by atoms with Crippen molar-refractivity contribution in [1.82, 2.24) is 14.8 Å². The largest absolute Gasteiger partial charge is 0.379 e. The molecule has 1 aromatic carbocycles. The minimum Gasteiger partial charge on any atom is -0.379 e. The molecular formula is C33H43N3O4. The molecule has 6 rings (SSSR count). The lowest BCUT2D eigenvalue weighted by molar-refractivity contribution is -0.144. The van der Waals surface area contributed by atoms with Crippen molar-refractivity contribution in [1.29, 1.82) is 0 Å². The summed E-state index contributed by atoms with van der Waals surface area (Å²) in [6, 6.07) is 12.4. The fourth-order valence-electron chi connectivity index (χ4n) is 8.01. The summed E-state index contributed by atoms with van der Waals surface area (Å²) in [5.74, 6) is 1.57. The molecule has 7 heteroatoms. The molecule has 5 atom stereocenters. The number of rotatable bonds is 7. The summed E-state index contributed by atoms with van der Waals surface area (Å²) < 4.78 is 11.4. The van der Waals surface area contributed by atoms with Gasteiger partial charge in [-0.05, 0) is 73.5 Å². The summed E-state index contributed by atoms with van der Waals surface area (Å²) in [7, 11) is 1.78. The average Bonchev–Trinajstić information content (AvgIpc) is 3.51. The van der Waals surface area contributed by atoms with Crippen LogP contribution in [-0.4, -0.2) is 72.7 Å². The van der Waals surface area contributed by atoms with Crippen LogP contribution in [-0.2, 0) is 38.4 Å². The molecule has 4 heterocycles. The topological polar surface area (TPSA) is 72.0 Å². The van der Waals surface area contributed by atoms with Crippen molar-refractivity contribution in [2.75, 3.05) is 40.0 Å². The highest BCUT2D eigenvalue weighted by Gasteiger charge is 2.59. The maximum atomic E-state index is 14.5. The highest BCUT2D eigenvalue weighted by molar-refractivity contribution is 5.86. The van der Waals surface area contributed by atoms with Crippen LogP contribution >= 0.6 is 0 Å². The van der Waals surface area contributed by atoms with Crippen LogP contribution in [0.1, 0.15) is 54.5 Å². The lowest BCUT2D eigenvalue weighted by Crippen LogP contribution is -2.49. The Hall–Kier alpha value is -2.77. The van der Waals surface area contributed by atoms with Crippen LogP contribution in [0, 0.1) is 30.1 Å². The van der Waals surface area contributed by atoms with Gasteiger partial charge in [0, 0.05) is 64.6 Å². The Balaban J connectivity index is 1.20. The zero-order valence-electron chi connectivity index (χ0n) is 24.0. The van der Waals surface area contributed by atoms with Crippen molar-refractivity contribution < 1.29 is 19.1 Å². The van der Waals surface area contributed by atoms with Crippen LogP contribution in [0.3, 0.4) is 0 Å². The van der Waals surface area contributed by atoms with E-state index in [-0.39, 0.29) is 23.8 Å². The van der Waals surface area contributed by atoms with Crippen LogP contribution < -0.4 is 0 Å². The summed E-state index contributed by atoms with van der Waals surface area (Å²) in [6.07, 6.45) is 8.03. The van der Waals surface area contributed by atoms with Gasteiger partial charge in [-0.1, -0.05) is 36.4 Å². The van der Waals surface area contributed by atoms with E-state index in [1.165, 1.54) is 11.1 Å². The number of benzene rings is 1. The second-order valence-corrected chi connectivity index (χ2v) is 12.6. The number of carbonyl (C=O) groups is 2. The van der Waals surface area contributed by atoms with Crippen LogP contribution in [0.4, 0.5) is 0 Å². The third-order valence-corrected chi connectivity index (χ3v) is 10.1. The van der Waals surface area contributed by atoms with E-state index in [1.54, 1.807) is 7.11 Å². The third-order valence-electron chi connectivity index (χ3n) is 10.1. The van der Waals surface area contributed by atoms with Crippen molar-refractivity contribution in [3.63, 3.8) is 0 Å². The predicted molar refractivity (Wildman–Crippen MR) is 152 cm³/mol. The maximum absolute atomic E-state index is 14.5. The van der Waals surface area contributed by atoms with Gasteiger partial charge in [-0.2, -0.15) is 0 Å². The second-order valence-electron chi connectivity index (χ2n) is 12.6. The van der Waals surface area contributed by atoms with Gasteiger partial charge >= 0.3 is 0 Å². The zero-order chi connectivity index (χ0) is 27.7. The predicted octanol–water partition coefficient (Wildman–Crippen LogP) is 4.20. The van der Waals surface area contributed by atoms with E-state index < -0.39 is 5.41 Å². The van der Waals surface area contributed by atoms with E-state index >= 15 is 0 Å². The van der Waals surface area contributed by atoms with Gasteiger partial charge in [0.25, 0.3) is 0 Å². The first kappa shape index (κ1) is 27.4. The molecule has 0 bridgehead atoms. The molecule has 1 saturated carbocycles. The van der Waals surface area contributed by atoms with Crippen LogP contribution in [0.2, 0.25) is 0 Å². The van der Waals surface area contributed by atoms with E-state index in [1.807, 2.05) is 29.3 Å². The van der Waals surface area contributed by atoms with Crippen LogP contribution in [0.15, 0.2) is 42.6 Å². The molecule has 1 aromatic heterocycles. The van der Waals surface area contributed by atoms with E-state index in [2.05, 4.69) is 35.0 Å². The molecule has 40 heavy (non-hydrogen) atoms. The molecule has 3 fully saturated rings. The normalized spacial score (nSPS) is 29.8. The van der Waals surface area contributed by atoms with Crippen molar-refractivity contribution in [2.45, 2.75) is 64.5 Å². The smallest absolute Gasteiger partial charge is 0.231 e. The molecule has 7 nitrogen and oxygen atoms in total. The molecule has 1 aliphatic carbocycles. The summed E-state index contributed by atoms with van der Waals surface area (Å²) >= 11 is 0. The zero-order valence-corrected chi connectivity index (χ0v) is 24.0. The number of hydrogen-bond acceptors (Lipinski definition) is 5. The molecule has 2 amide bonds. The summed E-state index contributed by atoms with van der Waals surface area (Å²) in [5, 5.41) is 0. The van der Waals surface area contributed by atoms with Crippen molar-refractivity contribution >= 4 is 11.8 Å². The average molecular weight is 546 g/mol. The number of hydrogen-bond donors (Lipinski definition) is 0. The number of methoxy groups -OCH3 is 1. The van der Waals surface area contributed by atoms with Gasteiger partial charge in [0.2, 0.25) is 11.8 Å². The summed E-state index contributed by atoms with van der Waals surface area (Å²) in [6.45, 7) is 6.08. The molecule has 4 aliphatic rings. The monoisotopic (exact) mass is 545 g/mol. The summed E-state index contributed by atoms with van der Waals surface area (Å²) in [4.78, 5) is 36.7. The van der Waals surface area contributed by atoms with E-state index in [4.69, 9.17) is 9.47 Å². The number of pyridine rings is 1. The Morgan fingerprint density at radius 3 is 2.88 bits per heavy atom. The van der Waals surface area contributed by atoms with Crippen LogP contribution in [0.25, 0.3) is 0 Å². The number of amides is 2. The highest BCUT2D eigenvalue weighted by Crippen LogP contribution is 2.54. The van der Waals surface area contributed by atoms with E-state index in [9.17, 15) is 9.59 Å². The van der Waals surface area contributed by atoms with E-state index in [0.29, 0.717) is 51.0 Å². The Bertz CT molecular complexity index is 1220. The van der Waals surface area contributed by atoms with Gasteiger partial charge in [-0.15, -0.1) is 0 Å². The standard InChI is InChI=1S/C33H43N3O4/c1-23-14-27-19-35(12-10-29(27)34-18-23)32(38)33-17-25(15-26-11-13-40-21-30(26)39-2)16-28(33)20-36(22-33)31(37)9-8-24-6-4-3-5-7-24/h3-7,14,18,25-26,28,30H,8-13,15-17,19-22H2,1-2H3/t25-,26?,28+,30?,33+/m1/s1. The molecular weight excluding hydrogens is 502 g/mol. The van der Waals surface area contributed by atoms with Gasteiger partial charge in [-0.25, -0.2) is 0 Å². The number of ether oxygens (including phenoxy) is 2. The lowest BCUT2D eigenvalue weighted by atomic mass is 9.78. The number of aryl methyl sites for hydroxylation is 2. The van der Waals surface area contributed by atoms with Crippen molar-refractivity contribution in [3.8, 4) is 0 Å². The fraction of sp³-hybridized carbons (Fsp3) is 0.606. The molecule has 2 aromatic rings. The second kappa shape index (κ2) is 11.6. The fourth-order valence-corrected chi connectivity index (χ4v) is 8.01. The molecule has 3 aliphatic heterocycles. The minimum atomic E-state index is -0.491. The summed E-state index contributed by atoms with van der Waals surface area (Å²) in [5.41, 5.74) is 4.10. The molecule has 0 spiro atoms. The Kier molecular flexibility index (Phi) is 7.95. The van der Waals surface area contributed by atoms with Gasteiger partial charge in [0.15, 0.2) is 0 Å². The maximum Gasteiger partial charge on any atom is 0.231 e. The van der Waals surface area contributed by atoms with Crippen molar-refractivity contribution in [2.24, 2.45) is 23.2 Å². The molecule has 214 valence electrons.